The second kappa shape index (κ2) is 7.91. The van der Waals surface area contributed by atoms with Gasteiger partial charge in [-0.3, -0.25) is 10.1 Å². The van der Waals surface area contributed by atoms with Crippen molar-refractivity contribution in [3.63, 3.8) is 0 Å². The van der Waals surface area contributed by atoms with Gasteiger partial charge in [-0.05, 0) is 35.4 Å². The van der Waals surface area contributed by atoms with Crippen molar-refractivity contribution in [3.8, 4) is 0 Å². The summed E-state index contributed by atoms with van der Waals surface area (Å²) < 4.78 is 31.3. The monoisotopic (exact) mass is 428 g/mol. The molecule has 0 spiro atoms. The molecule has 3 atom stereocenters. The molecule has 1 aliphatic carbocycles. The quantitative estimate of drug-likeness (QED) is 0.570. The molecule has 2 aromatic carbocycles. The van der Waals surface area contributed by atoms with E-state index in [1.807, 2.05) is 0 Å². The van der Waals surface area contributed by atoms with Crippen molar-refractivity contribution >= 4 is 27.1 Å². The molecule has 0 radical (unpaired) electrons. The molecule has 1 fully saturated rings. The maximum absolute atomic E-state index is 13.1. The first-order valence-electron chi connectivity index (χ1n) is 9.50. The van der Waals surface area contributed by atoms with Crippen LogP contribution in [-0.2, 0) is 32.4 Å². The highest BCUT2D eigenvalue weighted by molar-refractivity contribution is 8.05. The Balaban J connectivity index is 1.59. The molecular formula is C21H20N2O6S. The molecular weight excluding hydrogens is 408 g/mol. The number of hydrogen-bond acceptors (Lipinski definition) is 6. The van der Waals surface area contributed by atoms with Gasteiger partial charge in [0.1, 0.15) is 12.6 Å². The van der Waals surface area contributed by atoms with Gasteiger partial charge in [-0.1, -0.05) is 54.6 Å². The van der Waals surface area contributed by atoms with E-state index in [2.05, 4.69) is 10.6 Å². The zero-order chi connectivity index (χ0) is 21.3. The minimum absolute atomic E-state index is 0.0259. The molecule has 1 saturated heterocycles. The average molecular weight is 428 g/mol. The number of hydrogen-bond donors (Lipinski definition) is 2. The van der Waals surface area contributed by atoms with Gasteiger partial charge in [0.05, 0.1) is 5.25 Å². The molecule has 0 bridgehead atoms. The van der Waals surface area contributed by atoms with E-state index in [9.17, 15) is 22.8 Å². The van der Waals surface area contributed by atoms with Crippen LogP contribution in [0.3, 0.4) is 0 Å². The van der Waals surface area contributed by atoms with Crippen molar-refractivity contribution in [1.29, 1.82) is 0 Å². The number of imide groups is 1. The SMILES string of the molecule is O=C1NC(=O)C([C@@H]2Cc3ccccc3C(S(=O)(=O)C(=O)OCc3ccccc3)C2)N1. The second-order valence-corrected chi connectivity index (χ2v) is 9.39. The number of amides is 3. The number of ether oxygens (including phenoxy) is 1. The Hall–Kier alpha value is -3.20. The van der Waals surface area contributed by atoms with Crippen LogP contribution in [0.25, 0.3) is 0 Å². The third-order valence-electron chi connectivity index (χ3n) is 5.48. The van der Waals surface area contributed by atoms with E-state index in [1.165, 1.54) is 0 Å². The Morgan fingerprint density at radius 3 is 2.43 bits per heavy atom. The topological polar surface area (TPSA) is 119 Å². The van der Waals surface area contributed by atoms with Crippen LogP contribution < -0.4 is 10.6 Å². The van der Waals surface area contributed by atoms with Crippen LogP contribution in [0, 0.1) is 5.92 Å². The number of fused-ring (bicyclic) bond motifs is 1. The van der Waals surface area contributed by atoms with Crippen LogP contribution in [-0.4, -0.2) is 31.7 Å². The number of carbonyl (C=O) groups excluding carboxylic acids is 3. The summed E-state index contributed by atoms with van der Waals surface area (Å²) in [6.45, 7) is -0.155. The first-order valence-corrected chi connectivity index (χ1v) is 11.0. The molecule has 156 valence electrons. The second-order valence-electron chi connectivity index (χ2n) is 7.40. The first-order chi connectivity index (χ1) is 14.4. The van der Waals surface area contributed by atoms with E-state index < -0.39 is 44.3 Å². The van der Waals surface area contributed by atoms with Crippen LogP contribution in [0.5, 0.6) is 0 Å². The van der Waals surface area contributed by atoms with Crippen molar-refractivity contribution in [3.05, 3.63) is 71.3 Å². The molecule has 2 aromatic rings. The Kier molecular flexibility index (Phi) is 5.29. The number of rotatable bonds is 4. The van der Waals surface area contributed by atoms with Gasteiger partial charge in [0.25, 0.3) is 15.7 Å². The highest BCUT2D eigenvalue weighted by Crippen LogP contribution is 2.41. The van der Waals surface area contributed by atoms with E-state index in [0.29, 0.717) is 17.5 Å². The van der Waals surface area contributed by atoms with E-state index in [0.717, 1.165) is 5.56 Å². The van der Waals surface area contributed by atoms with E-state index in [4.69, 9.17) is 4.74 Å². The van der Waals surface area contributed by atoms with Crippen LogP contribution in [0.1, 0.15) is 28.4 Å². The molecule has 0 saturated carbocycles. The Labute approximate surface area is 173 Å². The molecule has 0 aromatic heterocycles. The fraction of sp³-hybridized carbons (Fsp3) is 0.286. The average Bonchev–Trinajstić information content (AvgIpc) is 3.09. The summed E-state index contributed by atoms with van der Waals surface area (Å²) >= 11 is 0. The predicted molar refractivity (Wildman–Crippen MR) is 107 cm³/mol. The molecule has 2 unspecified atom stereocenters. The van der Waals surface area contributed by atoms with Gasteiger partial charge in [0.2, 0.25) is 0 Å². The lowest BCUT2D eigenvalue weighted by molar-refractivity contribution is -0.121. The summed E-state index contributed by atoms with van der Waals surface area (Å²) in [6, 6.07) is 14.3. The fourth-order valence-electron chi connectivity index (χ4n) is 4.03. The predicted octanol–water partition coefficient (Wildman–Crippen LogP) is 2.25. The lowest BCUT2D eigenvalue weighted by Crippen LogP contribution is -2.42. The van der Waals surface area contributed by atoms with Crippen molar-refractivity contribution in [1.82, 2.24) is 10.6 Å². The highest BCUT2D eigenvalue weighted by atomic mass is 32.2. The number of nitrogens with one attached hydrogen (secondary N) is 2. The Morgan fingerprint density at radius 1 is 1.03 bits per heavy atom. The third kappa shape index (κ3) is 3.80. The lowest BCUT2D eigenvalue weighted by atomic mass is 9.79. The summed E-state index contributed by atoms with van der Waals surface area (Å²) in [5.74, 6) is -0.958. The summed E-state index contributed by atoms with van der Waals surface area (Å²) in [5, 5.41) is 2.26. The molecule has 1 aliphatic heterocycles. The molecule has 30 heavy (non-hydrogen) atoms. The summed E-state index contributed by atoms with van der Waals surface area (Å²) in [6.07, 6.45) is 0.442. The highest BCUT2D eigenvalue weighted by Gasteiger charge is 2.46. The number of urea groups is 1. The smallest absolute Gasteiger partial charge is 0.425 e. The van der Waals surface area contributed by atoms with Crippen molar-refractivity contribution in [2.24, 2.45) is 5.92 Å². The number of sulfone groups is 1. The zero-order valence-electron chi connectivity index (χ0n) is 15.9. The van der Waals surface area contributed by atoms with Crippen LogP contribution in [0.4, 0.5) is 9.59 Å². The zero-order valence-corrected chi connectivity index (χ0v) is 16.7. The molecule has 4 rings (SSSR count). The lowest BCUT2D eigenvalue weighted by Gasteiger charge is -2.32. The summed E-state index contributed by atoms with van der Waals surface area (Å²) in [7, 11) is -4.34. The Bertz CT molecular complexity index is 1100. The molecule has 2 aliphatic rings. The molecule has 9 heteroatoms. The maximum atomic E-state index is 13.1. The fourth-order valence-corrected chi connectivity index (χ4v) is 5.55. The molecule has 3 amide bonds. The number of carbonyl (C=O) groups is 3. The van der Waals surface area contributed by atoms with Gasteiger partial charge >= 0.3 is 11.3 Å². The van der Waals surface area contributed by atoms with Crippen LogP contribution in [0.15, 0.2) is 54.6 Å². The Morgan fingerprint density at radius 2 is 1.73 bits per heavy atom. The van der Waals surface area contributed by atoms with Gasteiger partial charge < -0.3 is 10.1 Å². The van der Waals surface area contributed by atoms with Crippen LogP contribution in [0.2, 0.25) is 0 Å². The first kappa shape index (κ1) is 20.1. The van der Waals surface area contributed by atoms with Gasteiger partial charge in [0.15, 0.2) is 0 Å². The standard InChI is InChI=1S/C21H20N2O6S/c24-19-18(22-20(25)23-19)15-10-14-8-4-5-9-16(14)17(11-15)30(27,28)21(26)29-12-13-6-2-1-3-7-13/h1-9,15,17-18H,10-12H2,(H2,22,23,24,25)/t15-,17?,18?/m1/s1. The van der Waals surface area contributed by atoms with Crippen molar-refractivity contribution in [2.45, 2.75) is 30.7 Å². The van der Waals surface area contributed by atoms with Gasteiger partial charge in [-0.2, -0.15) is 0 Å². The summed E-state index contributed by atoms with van der Waals surface area (Å²) in [4.78, 5) is 36.2. The van der Waals surface area contributed by atoms with Crippen LogP contribution >= 0.6 is 0 Å². The molecule has 1 heterocycles. The largest absolute Gasteiger partial charge is 0.449 e. The number of benzene rings is 2. The van der Waals surface area contributed by atoms with Gasteiger partial charge in [0, 0.05) is 0 Å². The minimum Gasteiger partial charge on any atom is -0.449 e. The van der Waals surface area contributed by atoms with Gasteiger partial charge in [-0.25, -0.2) is 18.0 Å². The van der Waals surface area contributed by atoms with Crippen molar-refractivity contribution < 1.29 is 27.5 Å². The molecule has 2 N–H and O–H groups in total. The van der Waals surface area contributed by atoms with E-state index in [1.54, 1.807) is 54.6 Å². The summed E-state index contributed by atoms with van der Waals surface area (Å²) in [5.41, 5.74) is 1.93. The minimum atomic E-state index is -4.34. The maximum Gasteiger partial charge on any atom is 0.425 e. The van der Waals surface area contributed by atoms with Gasteiger partial charge in [-0.15, -0.1) is 0 Å². The van der Waals surface area contributed by atoms with Crippen molar-refractivity contribution in [2.75, 3.05) is 0 Å². The normalized spacial score (nSPS) is 23.3. The van der Waals surface area contributed by atoms with E-state index in [-0.39, 0.29) is 13.0 Å². The van der Waals surface area contributed by atoms with E-state index >= 15 is 0 Å². The third-order valence-corrected chi connectivity index (χ3v) is 7.26. The molecule has 8 nitrogen and oxygen atoms in total.